The molecule has 0 aromatic heterocycles. The van der Waals surface area contributed by atoms with E-state index in [0.29, 0.717) is 16.6 Å². The first-order valence-electron chi connectivity index (χ1n) is 5.26. The number of benzene rings is 1. The van der Waals surface area contributed by atoms with Gasteiger partial charge in [-0.15, -0.1) is 0 Å². The average molecular weight is 265 g/mol. The van der Waals surface area contributed by atoms with Crippen LogP contribution in [0, 0.1) is 11.5 Å². The predicted molar refractivity (Wildman–Crippen MR) is 73.0 cm³/mol. The fraction of sp³-hybridized carbons (Fsp3) is 0.333. The van der Waals surface area contributed by atoms with Crippen molar-refractivity contribution in [1.82, 2.24) is 5.32 Å². The molecule has 0 aliphatic rings. The van der Waals surface area contributed by atoms with Gasteiger partial charge in [0, 0.05) is 0 Å². The number of hydrogen-bond donors (Lipinski definition) is 2. The summed E-state index contributed by atoms with van der Waals surface area (Å²) in [5, 5.41) is 21.0. The van der Waals surface area contributed by atoms with Gasteiger partial charge in [-0.1, -0.05) is 17.8 Å². The van der Waals surface area contributed by atoms with E-state index in [-0.39, 0.29) is 0 Å². The van der Waals surface area contributed by atoms with E-state index >= 15 is 0 Å². The highest BCUT2D eigenvalue weighted by Crippen LogP contribution is 2.31. The Morgan fingerprint density at radius 3 is 2.83 bits per heavy atom. The molecule has 0 saturated heterocycles. The predicted octanol–water partition coefficient (Wildman–Crippen LogP) is 2.17. The number of ether oxygens (including phenoxy) is 1. The van der Waals surface area contributed by atoms with E-state index in [0.717, 1.165) is 5.56 Å². The molecule has 0 radical (unpaired) electrons. The van der Waals surface area contributed by atoms with Gasteiger partial charge in [-0.2, -0.15) is 5.26 Å². The molecule has 0 amide bonds. The van der Waals surface area contributed by atoms with Crippen molar-refractivity contribution in [3.63, 3.8) is 0 Å². The van der Waals surface area contributed by atoms with Crippen molar-refractivity contribution in [1.29, 1.82) is 5.26 Å². The molecule has 1 rings (SSSR count). The number of aliphatic hydroxyl groups excluding tert-OH is 1. The molecule has 0 bridgehead atoms. The maximum Gasteiger partial charge on any atom is 0.183 e. The average Bonchev–Trinajstić information content (AvgIpc) is 2.38. The second kappa shape index (κ2) is 6.89. The highest BCUT2D eigenvalue weighted by atomic mass is 32.2. The molecule has 0 saturated carbocycles. The van der Waals surface area contributed by atoms with Gasteiger partial charge in [0.2, 0.25) is 0 Å². The SMILES string of the molecule is COc1cc(C(C)O)ccc1N=C(NC#N)SC. The van der Waals surface area contributed by atoms with Crippen molar-refractivity contribution >= 4 is 22.6 Å². The highest BCUT2D eigenvalue weighted by molar-refractivity contribution is 8.13. The first kappa shape index (κ1) is 14.4. The number of thioether (sulfide) groups is 1. The number of nitrogens with one attached hydrogen (secondary N) is 1. The van der Waals surface area contributed by atoms with Crippen molar-refractivity contribution in [2.75, 3.05) is 13.4 Å². The number of methoxy groups -OCH3 is 1. The second-order valence-electron chi connectivity index (χ2n) is 3.47. The second-order valence-corrected chi connectivity index (χ2v) is 4.26. The van der Waals surface area contributed by atoms with E-state index in [9.17, 15) is 5.11 Å². The number of nitrogens with zero attached hydrogens (tertiary/aromatic N) is 2. The topological polar surface area (TPSA) is 77.6 Å². The summed E-state index contributed by atoms with van der Waals surface area (Å²) >= 11 is 1.33. The molecule has 6 heteroatoms. The summed E-state index contributed by atoms with van der Waals surface area (Å²) in [7, 11) is 1.54. The van der Waals surface area contributed by atoms with Crippen LogP contribution in [-0.2, 0) is 0 Å². The van der Waals surface area contributed by atoms with E-state index in [2.05, 4.69) is 10.3 Å². The molecule has 5 nitrogen and oxygen atoms in total. The maximum atomic E-state index is 9.50. The standard InChI is InChI=1S/C12H15N3O2S/c1-8(16)9-4-5-10(11(6-9)17-2)15-12(18-3)14-7-13/h4-6,8,16H,1-3H3,(H,14,15). The fourth-order valence-electron chi connectivity index (χ4n) is 1.33. The zero-order chi connectivity index (χ0) is 13.5. The van der Waals surface area contributed by atoms with E-state index in [1.54, 1.807) is 25.1 Å². The first-order valence-corrected chi connectivity index (χ1v) is 6.48. The molecule has 1 aromatic carbocycles. The zero-order valence-electron chi connectivity index (χ0n) is 10.5. The molecule has 1 unspecified atom stereocenters. The van der Waals surface area contributed by atoms with Gasteiger partial charge in [-0.25, -0.2) is 4.99 Å². The Balaban J connectivity index is 3.13. The van der Waals surface area contributed by atoms with Crippen LogP contribution < -0.4 is 10.1 Å². The molecule has 0 fully saturated rings. The zero-order valence-corrected chi connectivity index (χ0v) is 11.3. The van der Waals surface area contributed by atoms with Gasteiger partial charge < -0.3 is 9.84 Å². The lowest BCUT2D eigenvalue weighted by atomic mass is 10.1. The van der Waals surface area contributed by atoms with Gasteiger partial charge in [-0.05, 0) is 30.9 Å². The lowest BCUT2D eigenvalue weighted by molar-refractivity contribution is 0.199. The lowest BCUT2D eigenvalue weighted by Crippen LogP contribution is -2.12. The fourth-order valence-corrected chi connectivity index (χ4v) is 1.67. The molecule has 1 atom stereocenters. The molecular weight excluding hydrogens is 250 g/mol. The molecule has 0 spiro atoms. The summed E-state index contributed by atoms with van der Waals surface area (Å²) in [5.74, 6) is 0.555. The van der Waals surface area contributed by atoms with E-state index in [1.807, 2.05) is 12.4 Å². The van der Waals surface area contributed by atoms with Crippen LogP contribution >= 0.6 is 11.8 Å². The summed E-state index contributed by atoms with van der Waals surface area (Å²) < 4.78 is 5.22. The van der Waals surface area contributed by atoms with Gasteiger partial charge in [0.25, 0.3) is 0 Å². The largest absolute Gasteiger partial charge is 0.494 e. The molecule has 1 aromatic rings. The van der Waals surface area contributed by atoms with Gasteiger partial charge in [0.15, 0.2) is 11.4 Å². The number of aliphatic imine (C=N–C) groups is 1. The molecule has 0 aliphatic heterocycles. The summed E-state index contributed by atoms with van der Waals surface area (Å²) in [6.45, 7) is 1.68. The van der Waals surface area contributed by atoms with Crippen molar-refractivity contribution in [3.05, 3.63) is 23.8 Å². The quantitative estimate of drug-likeness (QED) is 0.379. The molecule has 2 N–H and O–H groups in total. The summed E-state index contributed by atoms with van der Waals surface area (Å²) in [6.07, 6.45) is 3.08. The van der Waals surface area contributed by atoms with Crippen molar-refractivity contribution < 1.29 is 9.84 Å². The van der Waals surface area contributed by atoms with E-state index in [4.69, 9.17) is 10.00 Å². The van der Waals surface area contributed by atoms with Crippen LogP contribution in [0.4, 0.5) is 5.69 Å². The van der Waals surface area contributed by atoms with Crippen LogP contribution in [0.5, 0.6) is 5.75 Å². The van der Waals surface area contributed by atoms with Crippen LogP contribution in [0.2, 0.25) is 0 Å². The van der Waals surface area contributed by atoms with Crippen molar-refractivity contribution in [3.8, 4) is 11.9 Å². The number of aliphatic hydroxyl groups is 1. The Bertz CT molecular complexity index is 481. The third-order valence-corrected chi connectivity index (χ3v) is 2.84. The molecular formula is C12H15N3O2S. The summed E-state index contributed by atoms with van der Waals surface area (Å²) in [6, 6.07) is 5.25. The first-order chi connectivity index (χ1) is 8.62. The Morgan fingerprint density at radius 1 is 1.61 bits per heavy atom. The van der Waals surface area contributed by atoms with Gasteiger partial charge in [-0.3, -0.25) is 5.32 Å². The highest BCUT2D eigenvalue weighted by Gasteiger charge is 2.08. The number of rotatable bonds is 3. The monoisotopic (exact) mass is 265 g/mol. The number of amidine groups is 1. The third-order valence-electron chi connectivity index (χ3n) is 2.26. The van der Waals surface area contributed by atoms with Crippen LogP contribution in [0.15, 0.2) is 23.2 Å². The molecule has 0 aliphatic carbocycles. The van der Waals surface area contributed by atoms with Crippen LogP contribution in [0.3, 0.4) is 0 Å². The Hall–Kier alpha value is -1.71. The minimum Gasteiger partial charge on any atom is -0.494 e. The minimum absolute atomic E-state index is 0.487. The van der Waals surface area contributed by atoms with Crippen LogP contribution in [0.25, 0.3) is 0 Å². The smallest absolute Gasteiger partial charge is 0.183 e. The minimum atomic E-state index is -0.561. The molecule has 96 valence electrons. The lowest BCUT2D eigenvalue weighted by Gasteiger charge is -2.10. The maximum absolute atomic E-state index is 9.50. The molecule has 0 heterocycles. The van der Waals surface area contributed by atoms with Crippen LogP contribution in [-0.4, -0.2) is 23.6 Å². The van der Waals surface area contributed by atoms with Crippen LogP contribution in [0.1, 0.15) is 18.6 Å². The summed E-state index contributed by atoms with van der Waals surface area (Å²) in [5.41, 5.74) is 1.36. The Kier molecular flexibility index (Phi) is 5.49. The van der Waals surface area contributed by atoms with Crippen molar-refractivity contribution in [2.24, 2.45) is 4.99 Å². The normalized spacial score (nSPS) is 12.7. The number of hydrogen-bond acceptors (Lipinski definition) is 5. The molecule has 18 heavy (non-hydrogen) atoms. The number of nitriles is 1. The third kappa shape index (κ3) is 3.65. The van der Waals surface area contributed by atoms with Gasteiger partial charge in [0.1, 0.15) is 11.4 Å². The Labute approximate surface area is 110 Å². The van der Waals surface area contributed by atoms with Gasteiger partial charge >= 0.3 is 0 Å². The van der Waals surface area contributed by atoms with E-state index < -0.39 is 6.10 Å². The summed E-state index contributed by atoms with van der Waals surface area (Å²) in [4.78, 5) is 4.28. The van der Waals surface area contributed by atoms with E-state index in [1.165, 1.54) is 18.9 Å². The Morgan fingerprint density at radius 2 is 2.33 bits per heavy atom. The van der Waals surface area contributed by atoms with Crippen molar-refractivity contribution in [2.45, 2.75) is 13.0 Å². The van der Waals surface area contributed by atoms with Gasteiger partial charge in [0.05, 0.1) is 13.2 Å².